The minimum Gasteiger partial charge on any atom is -0.350 e. The highest BCUT2D eigenvalue weighted by Gasteiger charge is 2.41. The zero-order valence-electron chi connectivity index (χ0n) is 17.1. The van der Waals surface area contributed by atoms with Gasteiger partial charge in [0.25, 0.3) is 5.91 Å². The third-order valence-corrected chi connectivity index (χ3v) is 7.32. The van der Waals surface area contributed by atoms with Crippen molar-refractivity contribution < 1.29 is 4.79 Å². The Morgan fingerprint density at radius 2 is 2.07 bits per heavy atom. The molecule has 1 aromatic carbocycles. The molecule has 0 aliphatic carbocycles. The lowest BCUT2D eigenvalue weighted by atomic mass is 9.74. The van der Waals surface area contributed by atoms with Crippen molar-refractivity contribution in [1.82, 2.24) is 20.2 Å². The number of piperidine rings is 3. The molecule has 154 valence electrons. The number of amides is 1. The number of carbonyl (C=O) groups excluding carboxylic acids is 1. The van der Waals surface area contributed by atoms with E-state index in [1.54, 1.807) is 11.3 Å². The van der Waals surface area contributed by atoms with Crippen LogP contribution in [0.3, 0.4) is 0 Å². The van der Waals surface area contributed by atoms with Crippen LogP contribution in [-0.4, -0.2) is 46.5 Å². The van der Waals surface area contributed by atoms with E-state index in [1.165, 1.54) is 17.0 Å². The van der Waals surface area contributed by atoms with E-state index in [4.69, 9.17) is 4.98 Å². The Morgan fingerprint density at radius 1 is 1.20 bits per heavy atom. The summed E-state index contributed by atoms with van der Waals surface area (Å²) in [6, 6.07) is 16.3. The van der Waals surface area contributed by atoms with Crippen molar-refractivity contribution in [2.75, 3.05) is 19.6 Å². The molecule has 0 spiro atoms. The fourth-order valence-electron chi connectivity index (χ4n) is 4.92. The van der Waals surface area contributed by atoms with Gasteiger partial charge >= 0.3 is 0 Å². The third kappa shape index (κ3) is 3.89. The molecule has 5 nitrogen and oxygen atoms in total. The highest BCUT2D eigenvalue weighted by molar-refractivity contribution is 7.13. The molecule has 2 bridgehead atoms. The molecular weight excluding hydrogens is 392 g/mol. The van der Waals surface area contributed by atoms with Crippen molar-refractivity contribution in [1.29, 1.82) is 0 Å². The largest absolute Gasteiger partial charge is 0.350 e. The first-order chi connectivity index (χ1) is 14.7. The summed E-state index contributed by atoms with van der Waals surface area (Å²) in [5.74, 6) is 1.92. The summed E-state index contributed by atoms with van der Waals surface area (Å²) >= 11 is 1.72. The second-order valence-electron chi connectivity index (χ2n) is 8.32. The van der Waals surface area contributed by atoms with Gasteiger partial charge in [0.2, 0.25) is 0 Å². The molecule has 6 rings (SSSR count). The second kappa shape index (κ2) is 8.28. The number of thiophene rings is 1. The summed E-state index contributed by atoms with van der Waals surface area (Å²) in [6.07, 6.45) is 2.31. The minimum absolute atomic E-state index is 0.0156. The molecule has 3 fully saturated rings. The maximum Gasteiger partial charge on any atom is 0.251 e. The highest BCUT2D eigenvalue weighted by Crippen LogP contribution is 2.41. The van der Waals surface area contributed by atoms with Crippen molar-refractivity contribution in [3.05, 3.63) is 71.0 Å². The van der Waals surface area contributed by atoms with Crippen LogP contribution >= 0.6 is 11.3 Å². The van der Waals surface area contributed by atoms with Crippen LogP contribution in [0.2, 0.25) is 0 Å². The van der Waals surface area contributed by atoms with Gasteiger partial charge in [-0.15, -0.1) is 11.3 Å². The van der Waals surface area contributed by atoms with Gasteiger partial charge in [-0.05, 0) is 61.9 Å². The average molecular weight is 419 g/mol. The average Bonchev–Trinajstić information content (AvgIpc) is 3.33. The SMILES string of the molecule is Cc1nc(-c2cccs2)cc(C2CN3CCC2CC3CNC(=O)c2ccccc2)n1. The van der Waals surface area contributed by atoms with Gasteiger partial charge in [0, 0.05) is 36.3 Å². The predicted octanol–water partition coefficient (Wildman–Crippen LogP) is 4.12. The lowest BCUT2D eigenvalue weighted by Gasteiger charge is -2.49. The molecule has 2 aromatic heterocycles. The van der Waals surface area contributed by atoms with Crippen molar-refractivity contribution in [2.24, 2.45) is 5.92 Å². The van der Waals surface area contributed by atoms with Crippen LogP contribution in [0.5, 0.6) is 0 Å². The van der Waals surface area contributed by atoms with Crippen LogP contribution in [0.4, 0.5) is 0 Å². The number of fused-ring (bicyclic) bond motifs is 3. The van der Waals surface area contributed by atoms with E-state index in [0.717, 1.165) is 36.6 Å². The normalized spacial score (nSPS) is 25.2. The highest BCUT2D eigenvalue weighted by atomic mass is 32.1. The molecule has 0 saturated carbocycles. The Morgan fingerprint density at radius 3 is 2.80 bits per heavy atom. The van der Waals surface area contributed by atoms with E-state index in [1.807, 2.05) is 37.3 Å². The number of nitrogens with one attached hydrogen (secondary N) is 1. The molecule has 3 aliphatic rings. The molecule has 3 saturated heterocycles. The summed E-state index contributed by atoms with van der Waals surface area (Å²) in [6.45, 7) is 4.82. The Balaban J connectivity index is 1.27. The molecular formula is C24H26N4OS. The molecule has 4 atom stereocenters. The van der Waals surface area contributed by atoms with Crippen molar-refractivity contribution >= 4 is 17.2 Å². The van der Waals surface area contributed by atoms with Gasteiger partial charge in [0.15, 0.2) is 0 Å². The Bertz CT molecular complexity index is 1020. The van der Waals surface area contributed by atoms with Gasteiger partial charge < -0.3 is 5.32 Å². The van der Waals surface area contributed by atoms with Gasteiger partial charge in [0.05, 0.1) is 10.6 Å². The van der Waals surface area contributed by atoms with Crippen LogP contribution < -0.4 is 5.32 Å². The zero-order valence-corrected chi connectivity index (χ0v) is 17.9. The van der Waals surface area contributed by atoms with E-state index < -0.39 is 0 Å². The van der Waals surface area contributed by atoms with Gasteiger partial charge in [-0.3, -0.25) is 9.69 Å². The summed E-state index contributed by atoms with van der Waals surface area (Å²) in [5.41, 5.74) is 2.94. The zero-order chi connectivity index (χ0) is 20.5. The van der Waals surface area contributed by atoms with E-state index in [0.29, 0.717) is 24.4 Å². The van der Waals surface area contributed by atoms with Gasteiger partial charge in [-0.25, -0.2) is 9.97 Å². The summed E-state index contributed by atoms with van der Waals surface area (Å²) in [7, 11) is 0. The number of aromatic nitrogens is 2. The smallest absolute Gasteiger partial charge is 0.251 e. The van der Waals surface area contributed by atoms with Crippen molar-refractivity contribution in [3.63, 3.8) is 0 Å². The Hall–Kier alpha value is -2.57. The summed E-state index contributed by atoms with van der Waals surface area (Å²) in [5, 5.41) is 5.23. The monoisotopic (exact) mass is 418 g/mol. The van der Waals surface area contributed by atoms with E-state index in [9.17, 15) is 4.79 Å². The summed E-state index contributed by atoms with van der Waals surface area (Å²) < 4.78 is 0. The van der Waals surface area contributed by atoms with E-state index in [-0.39, 0.29) is 5.91 Å². The number of aryl methyl sites for hydroxylation is 1. The summed E-state index contributed by atoms with van der Waals surface area (Å²) in [4.78, 5) is 25.6. The Kier molecular flexibility index (Phi) is 5.35. The number of benzene rings is 1. The lowest BCUT2D eigenvalue weighted by molar-refractivity contribution is 0.0290. The fourth-order valence-corrected chi connectivity index (χ4v) is 5.61. The van der Waals surface area contributed by atoms with Crippen LogP contribution in [0.15, 0.2) is 53.9 Å². The number of hydrogen-bond acceptors (Lipinski definition) is 5. The van der Waals surface area contributed by atoms with Gasteiger partial charge in [0.1, 0.15) is 5.82 Å². The molecule has 5 heterocycles. The van der Waals surface area contributed by atoms with Crippen molar-refractivity contribution in [2.45, 2.75) is 31.7 Å². The lowest BCUT2D eigenvalue weighted by Crippen LogP contribution is -2.56. The first-order valence-electron chi connectivity index (χ1n) is 10.6. The van der Waals surface area contributed by atoms with Crippen molar-refractivity contribution in [3.8, 4) is 10.6 Å². The van der Waals surface area contributed by atoms with Gasteiger partial charge in [-0.2, -0.15) is 0 Å². The first kappa shape index (κ1) is 19.4. The molecule has 3 aliphatic heterocycles. The van der Waals surface area contributed by atoms with Crippen LogP contribution in [0.25, 0.3) is 10.6 Å². The molecule has 6 heteroatoms. The molecule has 1 amide bonds. The third-order valence-electron chi connectivity index (χ3n) is 6.42. The Labute approximate surface area is 181 Å². The topological polar surface area (TPSA) is 58.1 Å². The first-order valence-corrected chi connectivity index (χ1v) is 11.5. The standard InChI is InChI=1S/C24H26N4OS/c1-16-26-21(13-22(27-16)23-8-5-11-30-23)20-15-28-10-9-18(20)12-19(28)14-25-24(29)17-6-3-2-4-7-17/h2-8,11,13,18-20H,9-10,12,14-15H2,1H3,(H,25,29). The molecule has 1 N–H and O–H groups in total. The number of carbonyl (C=O) groups is 1. The minimum atomic E-state index is 0.0156. The van der Waals surface area contributed by atoms with Gasteiger partial charge in [-0.1, -0.05) is 24.3 Å². The fraction of sp³-hybridized carbons (Fsp3) is 0.375. The number of rotatable bonds is 5. The van der Waals surface area contributed by atoms with Crippen LogP contribution in [-0.2, 0) is 0 Å². The van der Waals surface area contributed by atoms with Crippen LogP contribution in [0, 0.1) is 12.8 Å². The predicted molar refractivity (Wildman–Crippen MR) is 120 cm³/mol. The molecule has 30 heavy (non-hydrogen) atoms. The maximum absolute atomic E-state index is 12.4. The molecule has 4 unspecified atom stereocenters. The van der Waals surface area contributed by atoms with Crippen LogP contribution in [0.1, 0.15) is 40.6 Å². The quantitative estimate of drug-likeness (QED) is 0.677. The second-order valence-corrected chi connectivity index (χ2v) is 9.27. The number of hydrogen-bond donors (Lipinski definition) is 1. The maximum atomic E-state index is 12.4. The van der Waals surface area contributed by atoms with E-state index in [2.05, 4.69) is 38.8 Å². The number of nitrogens with zero attached hydrogens (tertiary/aromatic N) is 3. The molecule has 3 aromatic rings. The molecule has 0 radical (unpaired) electrons. The van der Waals surface area contributed by atoms with E-state index >= 15 is 0 Å².